The molecule has 4 N–H and O–H groups in total. The average molecular weight is 302 g/mol. The molecule has 1 aromatic heterocycles. The number of fused-ring (bicyclic) bond motifs is 1. The molecule has 0 spiro atoms. The molecule has 2 heterocycles. The summed E-state index contributed by atoms with van der Waals surface area (Å²) in [5.74, 6) is 0.608. The van der Waals surface area contributed by atoms with Crippen molar-refractivity contribution in [3.05, 3.63) is 29.5 Å². The van der Waals surface area contributed by atoms with E-state index in [1.54, 1.807) is 0 Å². The molecule has 0 unspecified atom stereocenters. The summed E-state index contributed by atoms with van der Waals surface area (Å²) in [6.45, 7) is 7.28. The predicted octanol–water partition coefficient (Wildman–Crippen LogP) is 2.28. The zero-order valence-corrected chi connectivity index (χ0v) is 13.5. The van der Waals surface area contributed by atoms with Crippen molar-refractivity contribution in [3.8, 4) is 0 Å². The van der Waals surface area contributed by atoms with Gasteiger partial charge in [-0.15, -0.1) is 0 Å². The van der Waals surface area contributed by atoms with E-state index < -0.39 is 0 Å². The molecule has 0 radical (unpaired) electrons. The Morgan fingerprint density at radius 1 is 1.36 bits per heavy atom. The van der Waals surface area contributed by atoms with E-state index in [0.29, 0.717) is 5.92 Å². The van der Waals surface area contributed by atoms with E-state index >= 15 is 0 Å². The fourth-order valence-corrected chi connectivity index (χ4v) is 3.01. The first-order valence-corrected chi connectivity index (χ1v) is 8.07. The molecule has 22 heavy (non-hydrogen) atoms. The first kappa shape index (κ1) is 15.5. The molecule has 5 nitrogen and oxygen atoms in total. The highest BCUT2D eigenvalue weighted by atomic mass is 16.5. The van der Waals surface area contributed by atoms with Crippen LogP contribution in [-0.4, -0.2) is 35.5 Å². The summed E-state index contributed by atoms with van der Waals surface area (Å²) in [4.78, 5) is 0. The summed E-state index contributed by atoms with van der Waals surface area (Å²) in [6, 6.07) is 6.65. The molecule has 0 saturated carbocycles. The first-order valence-electron chi connectivity index (χ1n) is 8.07. The standard InChI is InChI=1S/C17H26N4O/c1-17(2,18)11-19-10-16-14-9-13(3-4-15(14)20-21-16)12-5-7-22-8-6-12/h3-4,9,12,19H,5-8,10-11,18H2,1-2H3,(H,20,21). The van der Waals surface area contributed by atoms with Crippen LogP contribution in [0.5, 0.6) is 0 Å². The molecule has 120 valence electrons. The third kappa shape index (κ3) is 3.66. The van der Waals surface area contributed by atoms with E-state index in [0.717, 1.165) is 50.4 Å². The van der Waals surface area contributed by atoms with Crippen LogP contribution in [0.1, 0.15) is 43.9 Å². The summed E-state index contributed by atoms with van der Waals surface area (Å²) in [5.41, 5.74) is 9.36. The van der Waals surface area contributed by atoms with Gasteiger partial charge in [0.15, 0.2) is 0 Å². The number of ether oxygens (including phenoxy) is 1. The van der Waals surface area contributed by atoms with Crippen LogP contribution >= 0.6 is 0 Å². The Morgan fingerprint density at radius 3 is 2.86 bits per heavy atom. The molecule has 1 aliphatic rings. The lowest BCUT2D eigenvalue weighted by Crippen LogP contribution is -2.42. The predicted molar refractivity (Wildman–Crippen MR) is 88.9 cm³/mol. The van der Waals surface area contributed by atoms with Gasteiger partial charge < -0.3 is 15.8 Å². The van der Waals surface area contributed by atoms with Crippen LogP contribution in [0.2, 0.25) is 0 Å². The molecule has 5 heteroatoms. The number of H-pyrrole nitrogens is 1. The lowest BCUT2D eigenvalue weighted by Gasteiger charge is -2.22. The highest BCUT2D eigenvalue weighted by molar-refractivity contribution is 5.82. The average Bonchev–Trinajstić information content (AvgIpc) is 2.89. The number of rotatable bonds is 5. The second-order valence-electron chi connectivity index (χ2n) is 6.95. The molecule has 0 amide bonds. The maximum Gasteiger partial charge on any atom is 0.0838 e. The normalized spacial score (nSPS) is 17.2. The maximum absolute atomic E-state index is 6.01. The second-order valence-corrected chi connectivity index (χ2v) is 6.95. The molecule has 1 aliphatic heterocycles. The van der Waals surface area contributed by atoms with Gasteiger partial charge in [-0.05, 0) is 50.3 Å². The van der Waals surface area contributed by atoms with Crippen molar-refractivity contribution in [2.24, 2.45) is 5.73 Å². The number of nitrogens with one attached hydrogen (secondary N) is 2. The summed E-state index contributed by atoms with van der Waals surface area (Å²) >= 11 is 0. The first-order chi connectivity index (χ1) is 10.5. The third-order valence-electron chi connectivity index (χ3n) is 4.23. The van der Waals surface area contributed by atoms with Crippen LogP contribution in [0, 0.1) is 0 Å². The largest absolute Gasteiger partial charge is 0.381 e. The van der Waals surface area contributed by atoms with E-state index in [9.17, 15) is 0 Å². The van der Waals surface area contributed by atoms with Gasteiger partial charge in [-0.2, -0.15) is 5.10 Å². The lowest BCUT2D eigenvalue weighted by molar-refractivity contribution is 0.0853. The third-order valence-corrected chi connectivity index (χ3v) is 4.23. The van der Waals surface area contributed by atoms with E-state index in [-0.39, 0.29) is 5.54 Å². The Hall–Kier alpha value is -1.43. The Balaban J connectivity index is 1.76. The number of nitrogens with two attached hydrogens (primary N) is 1. The minimum atomic E-state index is -0.209. The molecule has 3 rings (SSSR count). The topological polar surface area (TPSA) is 76.0 Å². The number of nitrogens with zero attached hydrogens (tertiary/aromatic N) is 1. The quantitative estimate of drug-likeness (QED) is 0.792. The SMILES string of the molecule is CC(C)(N)CNCc1n[nH]c2ccc(C3CCOCC3)cc12. The van der Waals surface area contributed by atoms with Crippen LogP contribution in [0.3, 0.4) is 0 Å². The van der Waals surface area contributed by atoms with Crippen molar-refractivity contribution in [1.29, 1.82) is 0 Å². The van der Waals surface area contributed by atoms with Crippen molar-refractivity contribution < 1.29 is 4.74 Å². The number of aromatic amines is 1. The summed E-state index contributed by atoms with van der Waals surface area (Å²) in [7, 11) is 0. The van der Waals surface area contributed by atoms with Crippen LogP contribution < -0.4 is 11.1 Å². The molecule has 2 aromatic rings. The molecule has 1 fully saturated rings. The zero-order valence-electron chi connectivity index (χ0n) is 13.5. The Morgan fingerprint density at radius 2 is 2.14 bits per heavy atom. The van der Waals surface area contributed by atoms with Crippen LogP contribution in [0.4, 0.5) is 0 Å². The van der Waals surface area contributed by atoms with Crippen LogP contribution in [-0.2, 0) is 11.3 Å². The van der Waals surface area contributed by atoms with E-state index in [1.165, 1.54) is 10.9 Å². The van der Waals surface area contributed by atoms with Crippen LogP contribution in [0.15, 0.2) is 18.2 Å². The van der Waals surface area contributed by atoms with Gasteiger partial charge in [0.25, 0.3) is 0 Å². The molecule has 0 bridgehead atoms. The van der Waals surface area contributed by atoms with Gasteiger partial charge in [0.1, 0.15) is 0 Å². The van der Waals surface area contributed by atoms with E-state index in [4.69, 9.17) is 10.5 Å². The van der Waals surface area contributed by atoms with Crippen molar-refractivity contribution >= 4 is 10.9 Å². The fourth-order valence-electron chi connectivity index (χ4n) is 3.01. The maximum atomic E-state index is 6.01. The zero-order chi connectivity index (χ0) is 15.6. The van der Waals surface area contributed by atoms with Gasteiger partial charge in [-0.3, -0.25) is 5.10 Å². The Kier molecular flexibility index (Phi) is 4.47. The highest BCUT2D eigenvalue weighted by Crippen LogP contribution is 2.29. The molecule has 0 aliphatic carbocycles. The summed E-state index contributed by atoms with van der Waals surface area (Å²) in [6.07, 6.45) is 2.22. The smallest absolute Gasteiger partial charge is 0.0838 e. The van der Waals surface area contributed by atoms with Gasteiger partial charge >= 0.3 is 0 Å². The van der Waals surface area contributed by atoms with Gasteiger partial charge in [0.05, 0.1) is 11.2 Å². The van der Waals surface area contributed by atoms with Crippen molar-refractivity contribution in [2.75, 3.05) is 19.8 Å². The van der Waals surface area contributed by atoms with Crippen molar-refractivity contribution in [3.63, 3.8) is 0 Å². The Labute approximate surface area is 131 Å². The fraction of sp³-hybridized carbons (Fsp3) is 0.588. The van der Waals surface area contributed by atoms with Gasteiger partial charge in [0, 0.05) is 37.2 Å². The van der Waals surface area contributed by atoms with Gasteiger partial charge in [0.2, 0.25) is 0 Å². The lowest BCUT2D eigenvalue weighted by atomic mass is 9.91. The van der Waals surface area contributed by atoms with Gasteiger partial charge in [-0.25, -0.2) is 0 Å². The molecule has 0 atom stereocenters. The Bertz CT molecular complexity index is 623. The number of aromatic nitrogens is 2. The summed E-state index contributed by atoms with van der Waals surface area (Å²) in [5, 5.41) is 12.2. The van der Waals surface area contributed by atoms with E-state index in [2.05, 4.69) is 33.7 Å². The molecular weight excluding hydrogens is 276 g/mol. The molecular formula is C17H26N4O. The van der Waals surface area contributed by atoms with Crippen molar-refractivity contribution in [1.82, 2.24) is 15.5 Å². The molecule has 1 saturated heterocycles. The minimum Gasteiger partial charge on any atom is -0.381 e. The van der Waals surface area contributed by atoms with Gasteiger partial charge in [-0.1, -0.05) is 6.07 Å². The molecule has 1 aromatic carbocycles. The van der Waals surface area contributed by atoms with E-state index in [1.807, 2.05) is 13.8 Å². The number of hydrogen-bond acceptors (Lipinski definition) is 4. The monoisotopic (exact) mass is 302 g/mol. The summed E-state index contributed by atoms with van der Waals surface area (Å²) < 4.78 is 5.46. The van der Waals surface area contributed by atoms with Crippen LogP contribution in [0.25, 0.3) is 10.9 Å². The second kappa shape index (κ2) is 6.36. The van der Waals surface area contributed by atoms with Crippen molar-refractivity contribution in [2.45, 2.75) is 44.7 Å². The highest BCUT2D eigenvalue weighted by Gasteiger charge is 2.17. The number of benzene rings is 1. The minimum absolute atomic E-state index is 0.209. The number of hydrogen-bond donors (Lipinski definition) is 3.